The summed E-state index contributed by atoms with van der Waals surface area (Å²) in [5.74, 6) is 0.363. The normalized spacial score (nSPS) is 15.1. The summed E-state index contributed by atoms with van der Waals surface area (Å²) < 4.78 is 37.3. The molecule has 3 aromatic rings. The highest BCUT2D eigenvalue weighted by molar-refractivity contribution is 7.89. The quantitative estimate of drug-likeness (QED) is 0.648. The van der Waals surface area contributed by atoms with E-state index in [1.807, 2.05) is 18.2 Å². The minimum atomic E-state index is -3.58. The highest BCUT2D eigenvalue weighted by atomic mass is 32.2. The van der Waals surface area contributed by atoms with Crippen LogP contribution in [0.4, 0.5) is 0 Å². The SMILES string of the molecule is O=C(NCc1ccnc(-c2ccco2)c1)c1ccc(S(=O)(=O)N2CCOCC2)cc1. The average Bonchev–Trinajstić information content (AvgIpc) is 3.33. The molecule has 1 fully saturated rings. The zero-order valence-electron chi connectivity index (χ0n) is 16.2. The number of nitrogens with zero attached hydrogens (tertiary/aromatic N) is 2. The van der Waals surface area contributed by atoms with Crippen molar-refractivity contribution in [2.24, 2.45) is 0 Å². The number of carbonyl (C=O) groups excluding carboxylic acids is 1. The van der Waals surface area contributed by atoms with Crippen LogP contribution in [0.5, 0.6) is 0 Å². The molecular weight excluding hydrogens is 406 g/mol. The number of hydrogen-bond acceptors (Lipinski definition) is 6. The molecule has 30 heavy (non-hydrogen) atoms. The summed E-state index contributed by atoms with van der Waals surface area (Å²) in [5.41, 5.74) is 1.94. The van der Waals surface area contributed by atoms with Crippen LogP contribution in [0.25, 0.3) is 11.5 Å². The Bertz CT molecular complexity index is 1110. The number of furan rings is 1. The second-order valence-corrected chi connectivity index (χ2v) is 8.69. The van der Waals surface area contributed by atoms with Crippen LogP contribution in [0.1, 0.15) is 15.9 Å². The lowest BCUT2D eigenvalue weighted by molar-refractivity contribution is 0.0730. The van der Waals surface area contributed by atoms with Crippen molar-refractivity contribution >= 4 is 15.9 Å². The number of hydrogen-bond donors (Lipinski definition) is 1. The Kier molecular flexibility index (Phi) is 5.93. The van der Waals surface area contributed by atoms with E-state index >= 15 is 0 Å². The number of morpholine rings is 1. The molecule has 0 atom stereocenters. The third kappa shape index (κ3) is 4.43. The second kappa shape index (κ2) is 8.78. The maximum Gasteiger partial charge on any atom is 0.251 e. The molecule has 0 bridgehead atoms. The predicted octanol–water partition coefficient (Wildman–Crippen LogP) is 2.29. The lowest BCUT2D eigenvalue weighted by Gasteiger charge is -2.26. The Morgan fingerprint density at radius 1 is 1.10 bits per heavy atom. The molecule has 1 aliphatic heterocycles. The standard InChI is InChI=1S/C21H21N3O5S/c25-21(23-15-16-7-8-22-19(14-16)20-2-1-11-29-20)17-3-5-18(6-4-17)30(26,27)24-9-12-28-13-10-24/h1-8,11,14H,9-10,12-13,15H2,(H,23,25). The highest BCUT2D eigenvalue weighted by Gasteiger charge is 2.26. The minimum Gasteiger partial charge on any atom is -0.463 e. The lowest BCUT2D eigenvalue weighted by atomic mass is 10.2. The van der Waals surface area contributed by atoms with E-state index in [-0.39, 0.29) is 10.8 Å². The first kappa shape index (κ1) is 20.3. The van der Waals surface area contributed by atoms with Crippen molar-refractivity contribution in [3.8, 4) is 11.5 Å². The summed E-state index contributed by atoms with van der Waals surface area (Å²) in [7, 11) is -3.58. The van der Waals surface area contributed by atoms with E-state index in [0.29, 0.717) is 49.9 Å². The van der Waals surface area contributed by atoms with Gasteiger partial charge in [-0.25, -0.2) is 8.42 Å². The molecule has 3 heterocycles. The number of amides is 1. The Hall–Kier alpha value is -3.01. The van der Waals surface area contributed by atoms with E-state index in [1.54, 1.807) is 18.5 Å². The molecule has 1 aromatic carbocycles. The topological polar surface area (TPSA) is 102 Å². The van der Waals surface area contributed by atoms with Gasteiger partial charge < -0.3 is 14.5 Å². The van der Waals surface area contributed by atoms with E-state index in [0.717, 1.165) is 5.56 Å². The predicted molar refractivity (Wildman–Crippen MR) is 109 cm³/mol. The first-order valence-electron chi connectivity index (χ1n) is 9.49. The van der Waals surface area contributed by atoms with Crippen molar-refractivity contribution in [2.75, 3.05) is 26.3 Å². The van der Waals surface area contributed by atoms with Crippen molar-refractivity contribution in [3.05, 3.63) is 72.1 Å². The first-order chi connectivity index (χ1) is 14.5. The molecule has 1 aliphatic rings. The fourth-order valence-electron chi connectivity index (χ4n) is 3.14. The number of ether oxygens (including phenoxy) is 1. The highest BCUT2D eigenvalue weighted by Crippen LogP contribution is 2.19. The zero-order chi connectivity index (χ0) is 21.0. The minimum absolute atomic E-state index is 0.165. The van der Waals surface area contributed by atoms with Crippen LogP contribution < -0.4 is 5.32 Å². The van der Waals surface area contributed by atoms with Crippen molar-refractivity contribution < 1.29 is 22.4 Å². The lowest BCUT2D eigenvalue weighted by Crippen LogP contribution is -2.40. The van der Waals surface area contributed by atoms with Gasteiger partial charge in [0, 0.05) is 31.4 Å². The van der Waals surface area contributed by atoms with Gasteiger partial charge >= 0.3 is 0 Å². The summed E-state index contributed by atoms with van der Waals surface area (Å²) in [6.45, 7) is 1.74. The van der Waals surface area contributed by atoms with Gasteiger partial charge in [0.2, 0.25) is 10.0 Å². The van der Waals surface area contributed by atoms with Gasteiger partial charge in [-0.15, -0.1) is 0 Å². The van der Waals surface area contributed by atoms with Crippen LogP contribution in [0.15, 0.2) is 70.3 Å². The molecule has 1 saturated heterocycles. The van der Waals surface area contributed by atoms with Crippen molar-refractivity contribution in [1.82, 2.24) is 14.6 Å². The molecule has 156 valence electrons. The van der Waals surface area contributed by atoms with Gasteiger partial charge in [-0.1, -0.05) is 0 Å². The van der Waals surface area contributed by atoms with E-state index in [2.05, 4.69) is 10.3 Å². The van der Waals surface area contributed by atoms with Crippen LogP contribution in [0, 0.1) is 0 Å². The Labute approximate surface area is 174 Å². The zero-order valence-corrected chi connectivity index (χ0v) is 17.0. The third-order valence-corrected chi connectivity index (χ3v) is 6.69. The summed E-state index contributed by atoms with van der Waals surface area (Å²) in [6, 6.07) is 13.2. The first-order valence-corrected chi connectivity index (χ1v) is 10.9. The number of rotatable bonds is 6. The number of aromatic nitrogens is 1. The van der Waals surface area contributed by atoms with Gasteiger partial charge in [0.05, 0.1) is 24.4 Å². The molecule has 0 radical (unpaired) electrons. The molecule has 0 aliphatic carbocycles. The van der Waals surface area contributed by atoms with Crippen LogP contribution in [-0.4, -0.2) is 49.9 Å². The Morgan fingerprint density at radius 3 is 2.57 bits per heavy atom. The van der Waals surface area contributed by atoms with E-state index in [4.69, 9.17) is 9.15 Å². The number of nitrogens with one attached hydrogen (secondary N) is 1. The number of pyridine rings is 1. The third-order valence-electron chi connectivity index (χ3n) is 4.78. The largest absolute Gasteiger partial charge is 0.463 e. The molecule has 8 nitrogen and oxygen atoms in total. The maximum absolute atomic E-state index is 12.7. The van der Waals surface area contributed by atoms with E-state index in [1.165, 1.54) is 28.6 Å². The molecule has 2 aromatic heterocycles. The van der Waals surface area contributed by atoms with Crippen molar-refractivity contribution in [2.45, 2.75) is 11.4 Å². The number of carbonyl (C=O) groups is 1. The van der Waals surface area contributed by atoms with E-state index < -0.39 is 10.0 Å². The maximum atomic E-state index is 12.7. The fourth-order valence-corrected chi connectivity index (χ4v) is 4.55. The molecule has 9 heteroatoms. The fraction of sp³-hybridized carbons (Fsp3) is 0.238. The summed E-state index contributed by atoms with van der Waals surface area (Å²) in [6.07, 6.45) is 3.24. The molecular formula is C21H21N3O5S. The smallest absolute Gasteiger partial charge is 0.251 e. The van der Waals surface area contributed by atoms with Crippen LogP contribution in [0.3, 0.4) is 0 Å². The van der Waals surface area contributed by atoms with Crippen LogP contribution >= 0.6 is 0 Å². The van der Waals surface area contributed by atoms with Gasteiger partial charge in [-0.2, -0.15) is 4.31 Å². The molecule has 0 spiro atoms. The Morgan fingerprint density at radius 2 is 1.87 bits per heavy atom. The average molecular weight is 427 g/mol. The molecule has 4 rings (SSSR count). The Balaban J connectivity index is 1.40. The van der Waals surface area contributed by atoms with Crippen LogP contribution in [-0.2, 0) is 21.3 Å². The van der Waals surface area contributed by atoms with Crippen LogP contribution in [0.2, 0.25) is 0 Å². The monoisotopic (exact) mass is 427 g/mol. The summed E-state index contributed by atoms with van der Waals surface area (Å²) in [4.78, 5) is 16.9. The molecule has 1 amide bonds. The van der Waals surface area contributed by atoms with Crippen molar-refractivity contribution in [1.29, 1.82) is 0 Å². The second-order valence-electron chi connectivity index (χ2n) is 6.75. The van der Waals surface area contributed by atoms with Gasteiger partial charge in [0.15, 0.2) is 5.76 Å². The summed E-state index contributed by atoms with van der Waals surface area (Å²) >= 11 is 0. The molecule has 1 N–H and O–H groups in total. The van der Waals surface area contributed by atoms with Crippen molar-refractivity contribution in [3.63, 3.8) is 0 Å². The van der Waals surface area contributed by atoms with Gasteiger partial charge in [-0.05, 0) is 54.1 Å². The summed E-state index contributed by atoms with van der Waals surface area (Å²) in [5, 5.41) is 2.84. The van der Waals surface area contributed by atoms with Gasteiger partial charge in [0.25, 0.3) is 5.91 Å². The van der Waals surface area contributed by atoms with Gasteiger partial charge in [0.1, 0.15) is 5.69 Å². The molecule has 0 unspecified atom stereocenters. The number of sulfonamides is 1. The number of benzene rings is 1. The molecule has 0 saturated carbocycles. The van der Waals surface area contributed by atoms with Gasteiger partial charge in [-0.3, -0.25) is 9.78 Å². The van der Waals surface area contributed by atoms with E-state index in [9.17, 15) is 13.2 Å².